The summed E-state index contributed by atoms with van der Waals surface area (Å²) in [6.45, 7) is 0. The molecule has 0 fully saturated rings. The average molecular weight is 283 g/mol. The molecule has 0 aliphatic carbocycles. The highest BCUT2D eigenvalue weighted by atomic mass is 19.4. The second-order valence-electron chi connectivity index (χ2n) is 4.24. The summed E-state index contributed by atoms with van der Waals surface area (Å²) >= 11 is 0. The summed E-state index contributed by atoms with van der Waals surface area (Å²) in [7, 11) is 3.58. The zero-order valence-electron chi connectivity index (χ0n) is 10.8. The van der Waals surface area contributed by atoms with Gasteiger partial charge in [-0.1, -0.05) is 6.07 Å². The summed E-state index contributed by atoms with van der Waals surface area (Å²) in [5.41, 5.74) is -0.767. The van der Waals surface area contributed by atoms with Gasteiger partial charge in [0.25, 0.3) is 0 Å². The molecule has 0 unspecified atom stereocenters. The third kappa shape index (κ3) is 3.37. The van der Waals surface area contributed by atoms with Crippen molar-refractivity contribution in [2.45, 2.75) is 6.18 Å². The minimum atomic E-state index is -4.40. The molecule has 4 nitrogen and oxygen atoms in total. The molecule has 0 saturated heterocycles. The van der Waals surface area contributed by atoms with Crippen molar-refractivity contribution in [3.8, 4) is 11.6 Å². The van der Waals surface area contributed by atoms with E-state index in [1.54, 1.807) is 25.1 Å². The molecule has 0 N–H and O–H groups in total. The molecule has 0 amide bonds. The Hall–Kier alpha value is -2.31. The Morgan fingerprint density at radius 3 is 2.50 bits per heavy atom. The summed E-state index contributed by atoms with van der Waals surface area (Å²) in [6, 6.07) is 6.18. The van der Waals surface area contributed by atoms with Crippen LogP contribution in [0.25, 0.3) is 0 Å². The van der Waals surface area contributed by atoms with Crippen molar-refractivity contribution in [3.63, 3.8) is 0 Å². The maximum Gasteiger partial charge on any atom is 0.416 e. The molecule has 0 radical (unpaired) electrons. The lowest BCUT2D eigenvalue weighted by molar-refractivity contribution is -0.137. The van der Waals surface area contributed by atoms with Crippen LogP contribution in [0.3, 0.4) is 0 Å². The molecule has 0 spiro atoms. The van der Waals surface area contributed by atoms with Crippen LogP contribution in [0.4, 0.5) is 19.0 Å². The zero-order valence-corrected chi connectivity index (χ0v) is 10.8. The van der Waals surface area contributed by atoms with Gasteiger partial charge in [-0.3, -0.25) is 0 Å². The average Bonchev–Trinajstić information content (AvgIpc) is 2.38. The predicted octanol–water partition coefficient (Wildman–Crippen LogP) is 3.35. The smallest absolute Gasteiger partial charge is 0.416 e. The lowest BCUT2D eigenvalue weighted by Crippen LogP contribution is -2.10. The number of anilines is 1. The van der Waals surface area contributed by atoms with Crippen LogP contribution < -0.4 is 9.64 Å². The summed E-state index contributed by atoms with van der Waals surface area (Å²) < 4.78 is 43.1. The van der Waals surface area contributed by atoms with Crippen LogP contribution in [0.5, 0.6) is 11.6 Å². The number of hydrogen-bond acceptors (Lipinski definition) is 4. The standard InChI is InChI=1S/C13H12F3N3O/c1-19(2)11-7-12(18-8-17-11)20-10-5-3-4-9(6-10)13(14,15)16/h3-8H,1-2H3. The molecule has 2 rings (SSSR count). The molecule has 0 saturated carbocycles. The van der Waals surface area contributed by atoms with Crippen molar-refractivity contribution in [2.75, 3.05) is 19.0 Å². The van der Waals surface area contributed by atoms with Crippen molar-refractivity contribution in [2.24, 2.45) is 0 Å². The first-order valence-electron chi connectivity index (χ1n) is 5.71. The Morgan fingerprint density at radius 1 is 1.10 bits per heavy atom. The van der Waals surface area contributed by atoms with E-state index in [0.717, 1.165) is 12.1 Å². The highest BCUT2D eigenvalue weighted by Crippen LogP contribution is 2.32. The van der Waals surface area contributed by atoms with Crippen LogP contribution >= 0.6 is 0 Å². The van der Waals surface area contributed by atoms with Crippen molar-refractivity contribution in [1.82, 2.24) is 9.97 Å². The fourth-order valence-electron chi connectivity index (χ4n) is 1.49. The van der Waals surface area contributed by atoms with Gasteiger partial charge >= 0.3 is 6.18 Å². The van der Waals surface area contributed by atoms with E-state index in [-0.39, 0.29) is 11.6 Å². The van der Waals surface area contributed by atoms with Gasteiger partial charge in [-0.25, -0.2) is 9.97 Å². The van der Waals surface area contributed by atoms with Gasteiger partial charge in [0.1, 0.15) is 17.9 Å². The summed E-state index contributed by atoms with van der Waals surface area (Å²) in [4.78, 5) is 9.60. The van der Waals surface area contributed by atoms with Gasteiger partial charge in [0.2, 0.25) is 5.88 Å². The van der Waals surface area contributed by atoms with E-state index in [2.05, 4.69) is 9.97 Å². The monoisotopic (exact) mass is 283 g/mol. The van der Waals surface area contributed by atoms with Crippen LogP contribution in [0.15, 0.2) is 36.7 Å². The molecule has 1 heterocycles. The summed E-state index contributed by atoms with van der Waals surface area (Å²) in [5, 5.41) is 0. The molecule has 106 valence electrons. The molecule has 1 aromatic heterocycles. The van der Waals surface area contributed by atoms with Crippen LogP contribution in [-0.4, -0.2) is 24.1 Å². The zero-order chi connectivity index (χ0) is 14.8. The predicted molar refractivity (Wildman–Crippen MR) is 67.9 cm³/mol. The fourth-order valence-corrected chi connectivity index (χ4v) is 1.49. The van der Waals surface area contributed by atoms with Crippen molar-refractivity contribution >= 4 is 5.82 Å². The third-order valence-electron chi connectivity index (χ3n) is 2.47. The Balaban J connectivity index is 2.24. The number of alkyl halides is 3. The van der Waals surface area contributed by atoms with Crippen LogP contribution in [0, 0.1) is 0 Å². The molecule has 1 aromatic carbocycles. The second kappa shape index (κ2) is 5.36. The lowest BCUT2D eigenvalue weighted by atomic mass is 10.2. The first-order valence-corrected chi connectivity index (χ1v) is 5.71. The minimum Gasteiger partial charge on any atom is -0.439 e. The van der Waals surface area contributed by atoms with E-state index in [9.17, 15) is 13.2 Å². The highest BCUT2D eigenvalue weighted by Gasteiger charge is 2.30. The molecule has 0 atom stereocenters. The third-order valence-corrected chi connectivity index (χ3v) is 2.47. The van der Waals surface area contributed by atoms with E-state index >= 15 is 0 Å². The highest BCUT2D eigenvalue weighted by molar-refractivity contribution is 5.40. The molecular formula is C13H12F3N3O. The largest absolute Gasteiger partial charge is 0.439 e. The Morgan fingerprint density at radius 2 is 1.85 bits per heavy atom. The van der Waals surface area contributed by atoms with Crippen molar-refractivity contribution in [3.05, 3.63) is 42.2 Å². The second-order valence-corrected chi connectivity index (χ2v) is 4.24. The van der Waals surface area contributed by atoms with Gasteiger partial charge < -0.3 is 9.64 Å². The van der Waals surface area contributed by atoms with Crippen LogP contribution in [0.2, 0.25) is 0 Å². The molecule has 7 heteroatoms. The van der Waals surface area contributed by atoms with E-state index in [0.29, 0.717) is 5.82 Å². The number of nitrogens with zero attached hydrogens (tertiary/aromatic N) is 3. The molecule has 0 aliphatic rings. The normalized spacial score (nSPS) is 11.2. The Kier molecular flexibility index (Phi) is 3.78. The van der Waals surface area contributed by atoms with Gasteiger partial charge in [0.15, 0.2) is 0 Å². The fraction of sp³-hybridized carbons (Fsp3) is 0.231. The molecule has 2 aromatic rings. The number of aromatic nitrogens is 2. The Labute approximate surface area is 113 Å². The number of hydrogen-bond donors (Lipinski definition) is 0. The maximum atomic E-state index is 12.6. The van der Waals surface area contributed by atoms with Gasteiger partial charge in [0, 0.05) is 20.2 Å². The lowest BCUT2D eigenvalue weighted by Gasteiger charge is -2.12. The SMILES string of the molecule is CN(C)c1cc(Oc2cccc(C(F)(F)F)c2)ncn1. The molecular weight excluding hydrogens is 271 g/mol. The molecule has 20 heavy (non-hydrogen) atoms. The van der Waals surface area contributed by atoms with Crippen LogP contribution in [-0.2, 0) is 6.18 Å². The molecule has 0 bridgehead atoms. The van der Waals surface area contributed by atoms with E-state index in [4.69, 9.17) is 4.74 Å². The van der Waals surface area contributed by atoms with Crippen molar-refractivity contribution in [1.29, 1.82) is 0 Å². The molecule has 0 aliphatic heterocycles. The van der Waals surface area contributed by atoms with E-state index in [1.807, 2.05) is 0 Å². The van der Waals surface area contributed by atoms with Crippen LogP contribution in [0.1, 0.15) is 5.56 Å². The van der Waals surface area contributed by atoms with Gasteiger partial charge in [0.05, 0.1) is 5.56 Å². The number of halogens is 3. The quantitative estimate of drug-likeness (QED) is 0.865. The maximum absolute atomic E-state index is 12.6. The van der Waals surface area contributed by atoms with Gasteiger partial charge in [-0.05, 0) is 18.2 Å². The minimum absolute atomic E-state index is 0.0724. The van der Waals surface area contributed by atoms with Crippen molar-refractivity contribution < 1.29 is 17.9 Å². The Bertz CT molecular complexity index is 599. The number of benzene rings is 1. The van der Waals surface area contributed by atoms with Gasteiger partial charge in [-0.15, -0.1) is 0 Å². The van der Waals surface area contributed by atoms with E-state index in [1.165, 1.54) is 18.5 Å². The number of ether oxygens (including phenoxy) is 1. The number of rotatable bonds is 3. The summed E-state index contributed by atoms with van der Waals surface area (Å²) in [5.74, 6) is 0.855. The first kappa shape index (κ1) is 14.1. The topological polar surface area (TPSA) is 38.2 Å². The first-order chi connectivity index (χ1) is 9.36. The van der Waals surface area contributed by atoms with Gasteiger partial charge in [-0.2, -0.15) is 13.2 Å². The van der Waals surface area contributed by atoms with E-state index < -0.39 is 11.7 Å². The summed E-state index contributed by atoms with van der Waals surface area (Å²) in [6.07, 6.45) is -3.11.